The summed E-state index contributed by atoms with van der Waals surface area (Å²) in [6.45, 7) is 0.450. The highest BCUT2D eigenvalue weighted by molar-refractivity contribution is 6.06. The minimum absolute atomic E-state index is 0.0608. The van der Waals surface area contributed by atoms with Gasteiger partial charge in [-0.15, -0.1) is 0 Å². The summed E-state index contributed by atoms with van der Waals surface area (Å²) in [4.78, 5) is 23.5. The van der Waals surface area contributed by atoms with Gasteiger partial charge in [0.25, 0.3) is 5.91 Å². The lowest BCUT2D eigenvalue weighted by Gasteiger charge is -2.06. The standard InChI is InChI=1S/C25H23NO4/c1-26-25(28)18-30-23-14-10-21(11-15-23)24(27)16-9-19-7-12-22(13-8-19)29-17-20-5-3-2-4-6-20/h2-16H,17-18H2,1H3,(H,26,28)/b16-9+. The van der Waals surface area contributed by atoms with Gasteiger partial charge in [0.15, 0.2) is 12.4 Å². The van der Waals surface area contributed by atoms with Gasteiger partial charge in [0, 0.05) is 12.6 Å². The first-order valence-corrected chi connectivity index (χ1v) is 9.57. The van der Waals surface area contributed by atoms with Crippen LogP contribution in [0.5, 0.6) is 11.5 Å². The van der Waals surface area contributed by atoms with Crippen molar-refractivity contribution in [3.05, 3.63) is 102 Å². The molecule has 0 saturated heterocycles. The number of benzene rings is 3. The molecule has 0 radical (unpaired) electrons. The van der Waals surface area contributed by atoms with Crippen LogP contribution in [0.1, 0.15) is 21.5 Å². The number of carbonyl (C=O) groups excluding carboxylic acids is 2. The van der Waals surface area contributed by atoms with E-state index < -0.39 is 0 Å². The third kappa shape index (κ3) is 6.34. The number of ether oxygens (including phenoxy) is 2. The molecule has 152 valence electrons. The molecule has 0 fully saturated rings. The fourth-order valence-corrected chi connectivity index (χ4v) is 2.62. The molecule has 1 N–H and O–H groups in total. The summed E-state index contributed by atoms with van der Waals surface area (Å²) in [7, 11) is 1.55. The number of likely N-dealkylation sites (N-methyl/N-ethyl adjacent to an activating group) is 1. The van der Waals surface area contributed by atoms with E-state index in [1.165, 1.54) is 6.08 Å². The Morgan fingerprint density at radius 3 is 2.13 bits per heavy atom. The molecule has 3 aromatic carbocycles. The van der Waals surface area contributed by atoms with E-state index in [1.54, 1.807) is 37.4 Å². The Kier molecular flexibility index (Phi) is 7.39. The van der Waals surface area contributed by atoms with Crippen LogP contribution >= 0.6 is 0 Å². The van der Waals surface area contributed by atoms with Gasteiger partial charge in [0.05, 0.1) is 0 Å². The van der Waals surface area contributed by atoms with Gasteiger partial charge in [0.1, 0.15) is 18.1 Å². The fourth-order valence-electron chi connectivity index (χ4n) is 2.62. The molecular weight excluding hydrogens is 378 g/mol. The Labute approximate surface area is 176 Å². The highest BCUT2D eigenvalue weighted by Crippen LogP contribution is 2.16. The van der Waals surface area contributed by atoms with Gasteiger partial charge < -0.3 is 14.8 Å². The van der Waals surface area contributed by atoms with Crippen molar-refractivity contribution in [1.29, 1.82) is 0 Å². The highest BCUT2D eigenvalue weighted by atomic mass is 16.5. The Balaban J connectivity index is 1.52. The smallest absolute Gasteiger partial charge is 0.257 e. The average Bonchev–Trinajstić information content (AvgIpc) is 2.81. The lowest BCUT2D eigenvalue weighted by Crippen LogP contribution is -2.24. The van der Waals surface area contributed by atoms with E-state index in [0.29, 0.717) is 17.9 Å². The van der Waals surface area contributed by atoms with Crippen molar-refractivity contribution in [1.82, 2.24) is 5.32 Å². The van der Waals surface area contributed by atoms with Crippen LogP contribution < -0.4 is 14.8 Å². The SMILES string of the molecule is CNC(=O)COc1ccc(C(=O)/C=C/c2ccc(OCc3ccccc3)cc2)cc1. The van der Waals surface area contributed by atoms with Gasteiger partial charge in [-0.1, -0.05) is 48.5 Å². The van der Waals surface area contributed by atoms with Crippen molar-refractivity contribution in [3.63, 3.8) is 0 Å². The third-order valence-corrected chi connectivity index (χ3v) is 4.34. The van der Waals surface area contributed by atoms with E-state index in [1.807, 2.05) is 54.6 Å². The molecule has 5 heteroatoms. The first-order chi connectivity index (χ1) is 14.6. The molecule has 0 saturated carbocycles. The van der Waals surface area contributed by atoms with E-state index in [4.69, 9.17) is 9.47 Å². The van der Waals surface area contributed by atoms with Crippen LogP contribution in [0.25, 0.3) is 6.08 Å². The van der Waals surface area contributed by atoms with Crippen molar-refractivity contribution in [3.8, 4) is 11.5 Å². The molecule has 0 spiro atoms. The summed E-state index contributed by atoms with van der Waals surface area (Å²) in [5, 5.41) is 2.48. The predicted octanol–water partition coefficient (Wildman–Crippen LogP) is 4.29. The molecule has 5 nitrogen and oxygen atoms in total. The average molecular weight is 401 g/mol. The number of allylic oxidation sites excluding steroid dienone is 1. The van der Waals surface area contributed by atoms with E-state index in [0.717, 1.165) is 16.9 Å². The summed E-state index contributed by atoms with van der Waals surface area (Å²) in [6.07, 6.45) is 3.29. The summed E-state index contributed by atoms with van der Waals surface area (Å²) in [6, 6.07) is 24.2. The number of hydrogen-bond donors (Lipinski definition) is 1. The van der Waals surface area contributed by atoms with Crippen LogP contribution in [0.4, 0.5) is 0 Å². The molecule has 0 unspecified atom stereocenters. The molecule has 1 amide bonds. The predicted molar refractivity (Wildman–Crippen MR) is 117 cm³/mol. The first-order valence-electron chi connectivity index (χ1n) is 9.57. The molecule has 0 aliphatic carbocycles. The molecule has 3 aromatic rings. The second-order valence-corrected chi connectivity index (χ2v) is 6.53. The zero-order chi connectivity index (χ0) is 21.2. The van der Waals surface area contributed by atoms with Crippen LogP contribution in [-0.4, -0.2) is 25.3 Å². The van der Waals surface area contributed by atoms with Crippen molar-refractivity contribution >= 4 is 17.8 Å². The van der Waals surface area contributed by atoms with Gasteiger partial charge in [-0.25, -0.2) is 0 Å². The second-order valence-electron chi connectivity index (χ2n) is 6.53. The second kappa shape index (κ2) is 10.6. The molecule has 0 aliphatic rings. The lowest BCUT2D eigenvalue weighted by atomic mass is 10.1. The van der Waals surface area contributed by atoms with Crippen molar-refractivity contribution in [2.24, 2.45) is 0 Å². The topological polar surface area (TPSA) is 64.6 Å². The summed E-state index contributed by atoms with van der Waals surface area (Å²) in [5.41, 5.74) is 2.56. The minimum atomic E-state index is -0.213. The Bertz CT molecular complexity index is 994. The number of nitrogens with one attached hydrogen (secondary N) is 1. The number of ketones is 1. The summed E-state index contributed by atoms with van der Waals surface area (Å²) < 4.78 is 11.1. The number of hydrogen-bond acceptors (Lipinski definition) is 4. The van der Waals surface area contributed by atoms with E-state index in [9.17, 15) is 9.59 Å². The van der Waals surface area contributed by atoms with Gasteiger partial charge in [0.2, 0.25) is 0 Å². The van der Waals surface area contributed by atoms with Crippen molar-refractivity contribution in [2.75, 3.05) is 13.7 Å². The molecule has 3 rings (SSSR count). The summed E-state index contributed by atoms with van der Waals surface area (Å²) >= 11 is 0. The first kappa shape index (κ1) is 20.9. The van der Waals surface area contributed by atoms with Crippen LogP contribution in [0.2, 0.25) is 0 Å². The Morgan fingerprint density at radius 2 is 1.47 bits per heavy atom. The molecule has 0 aliphatic heterocycles. The third-order valence-electron chi connectivity index (χ3n) is 4.34. The quantitative estimate of drug-likeness (QED) is 0.429. The zero-order valence-corrected chi connectivity index (χ0v) is 16.7. The van der Waals surface area contributed by atoms with Gasteiger partial charge in [-0.05, 0) is 53.6 Å². The fraction of sp³-hybridized carbons (Fsp3) is 0.120. The van der Waals surface area contributed by atoms with Crippen molar-refractivity contribution in [2.45, 2.75) is 6.61 Å². The van der Waals surface area contributed by atoms with Crippen LogP contribution in [0.3, 0.4) is 0 Å². The van der Waals surface area contributed by atoms with Crippen molar-refractivity contribution < 1.29 is 19.1 Å². The molecule has 30 heavy (non-hydrogen) atoms. The Hall–Kier alpha value is -3.86. The number of carbonyl (C=O) groups is 2. The van der Waals surface area contributed by atoms with Gasteiger partial charge in [-0.2, -0.15) is 0 Å². The van der Waals surface area contributed by atoms with Gasteiger partial charge >= 0.3 is 0 Å². The maximum atomic E-state index is 12.4. The largest absolute Gasteiger partial charge is 0.489 e. The maximum absolute atomic E-state index is 12.4. The van der Waals surface area contributed by atoms with Crippen LogP contribution in [0, 0.1) is 0 Å². The van der Waals surface area contributed by atoms with Crippen LogP contribution in [-0.2, 0) is 11.4 Å². The van der Waals surface area contributed by atoms with E-state index in [2.05, 4.69) is 5.32 Å². The van der Waals surface area contributed by atoms with E-state index in [-0.39, 0.29) is 18.3 Å². The summed E-state index contributed by atoms with van der Waals surface area (Å²) in [5.74, 6) is 0.978. The zero-order valence-electron chi connectivity index (χ0n) is 16.7. The molecule has 0 aromatic heterocycles. The molecule has 0 atom stereocenters. The van der Waals surface area contributed by atoms with Gasteiger partial charge in [-0.3, -0.25) is 9.59 Å². The van der Waals surface area contributed by atoms with Crippen LogP contribution in [0.15, 0.2) is 84.9 Å². The number of amides is 1. The molecule has 0 heterocycles. The number of rotatable bonds is 9. The maximum Gasteiger partial charge on any atom is 0.257 e. The minimum Gasteiger partial charge on any atom is -0.489 e. The Morgan fingerprint density at radius 1 is 0.833 bits per heavy atom. The molecule has 0 bridgehead atoms. The molecular formula is C25H23NO4. The highest BCUT2D eigenvalue weighted by Gasteiger charge is 2.04. The van der Waals surface area contributed by atoms with E-state index >= 15 is 0 Å². The monoisotopic (exact) mass is 401 g/mol. The normalized spacial score (nSPS) is 10.6. The lowest BCUT2D eigenvalue weighted by molar-refractivity contribution is -0.122.